The number of guanidine groups is 1. The van der Waals surface area contributed by atoms with Gasteiger partial charge in [0, 0.05) is 38.7 Å². The molecule has 0 aliphatic rings. The van der Waals surface area contributed by atoms with Crippen molar-refractivity contribution in [3.05, 3.63) is 96.3 Å². The molecular formula is C25H30IN7. The summed E-state index contributed by atoms with van der Waals surface area (Å²) in [7, 11) is 1.94. The highest BCUT2D eigenvalue weighted by atomic mass is 127. The Hall–Kier alpha value is -3.14. The third-order valence-electron chi connectivity index (χ3n) is 5.32. The molecule has 8 heteroatoms. The molecule has 7 nitrogen and oxygen atoms in total. The first kappa shape index (κ1) is 24.5. The molecule has 2 N–H and O–H groups in total. The number of hydrogen-bond acceptors (Lipinski definition) is 3. The molecule has 0 radical (unpaired) electrons. The highest BCUT2D eigenvalue weighted by molar-refractivity contribution is 14.0. The summed E-state index contributed by atoms with van der Waals surface area (Å²) in [6.45, 7) is 4.95. The van der Waals surface area contributed by atoms with E-state index in [4.69, 9.17) is 4.99 Å². The van der Waals surface area contributed by atoms with Gasteiger partial charge in [0.1, 0.15) is 0 Å². The SMILES string of the molecule is CCNC(=NCc1ccccc1-c1ccc(Cn2ccnc2)cc1)NCc1ccnn1C.I. The fourth-order valence-corrected chi connectivity index (χ4v) is 3.58. The van der Waals surface area contributed by atoms with Crippen molar-refractivity contribution >= 4 is 29.9 Å². The first-order valence-electron chi connectivity index (χ1n) is 10.8. The van der Waals surface area contributed by atoms with E-state index in [0.29, 0.717) is 13.1 Å². The zero-order valence-corrected chi connectivity index (χ0v) is 21.3. The number of aliphatic imine (C=N–C) groups is 1. The molecule has 0 fully saturated rings. The summed E-state index contributed by atoms with van der Waals surface area (Å²) in [5.41, 5.74) is 5.93. The van der Waals surface area contributed by atoms with E-state index in [2.05, 4.69) is 80.7 Å². The van der Waals surface area contributed by atoms with Crippen molar-refractivity contribution < 1.29 is 0 Å². The number of imidazole rings is 1. The van der Waals surface area contributed by atoms with E-state index in [1.165, 1.54) is 22.3 Å². The number of nitrogens with one attached hydrogen (secondary N) is 2. The van der Waals surface area contributed by atoms with Gasteiger partial charge in [-0.3, -0.25) is 4.68 Å². The molecule has 0 amide bonds. The number of hydrogen-bond donors (Lipinski definition) is 2. The van der Waals surface area contributed by atoms with Crippen molar-refractivity contribution in [3.63, 3.8) is 0 Å². The number of benzene rings is 2. The Morgan fingerprint density at radius 1 is 1.00 bits per heavy atom. The lowest BCUT2D eigenvalue weighted by Crippen LogP contribution is -2.37. The van der Waals surface area contributed by atoms with Crippen molar-refractivity contribution in [1.82, 2.24) is 30.0 Å². The zero-order valence-electron chi connectivity index (χ0n) is 19.0. The topological polar surface area (TPSA) is 72.1 Å². The van der Waals surface area contributed by atoms with E-state index >= 15 is 0 Å². The maximum Gasteiger partial charge on any atom is 0.191 e. The number of aryl methyl sites for hydroxylation is 1. The maximum absolute atomic E-state index is 4.82. The van der Waals surface area contributed by atoms with Crippen LogP contribution in [0.15, 0.2) is 84.5 Å². The predicted octanol–water partition coefficient (Wildman–Crippen LogP) is 4.21. The molecule has 0 unspecified atom stereocenters. The summed E-state index contributed by atoms with van der Waals surface area (Å²) in [6.07, 6.45) is 7.42. The molecule has 0 aliphatic carbocycles. The van der Waals surface area contributed by atoms with Crippen LogP contribution in [0.25, 0.3) is 11.1 Å². The van der Waals surface area contributed by atoms with Gasteiger partial charge >= 0.3 is 0 Å². The second-order valence-electron chi connectivity index (χ2n) is 7.58. The first-order chi connectivity index (χ1) is 15.7. The lowest BCUT2D eigenvalue weighted by molar-refractivity contribution is 0.685. The first-order valence-corrected chi connectivity index (χ1v) is 10.8. The second kappa shape index (κ2) is 12.2. The van der Waals surface area contributed by atoms with E-state index in [-0.39, 0.29) is 24.0 Å². The van der Waals surface area contributed by atoms with Crippen molar-refractivity contribution in [3.8, 4) is 11.1 Å². The average Bonchev–Trinajstić information content (AvgIpc) is 3.48. The number of nitrogens with zero attached hydrogens (tertiary/aromatic N) is 5. The van der Waals surface area contributed by atoms with Crippen LogP contribution in [0.2, 0.25) is 0 Å². The normalized spacial score (nSPS) is 11.2. The molecular weight excluding hydrogens is 525 g/mol. The maximum atomic E-state index is 4.82. The van der Waals surface area contributed by atoms with Crippen LogP contribution in [-0.2, 0) is 26.7 Å². The van der Waals surface area contributed by atoms with Gasteiger partial charge in [0.15, 0.2) is 5.96 Å². The van der Waals surface area contributed by atoms with E-state index in [0.717, 1.165) is 24.7 Å². The second-order valence-corrected chi connectivity index (χ2v) is 7.58. The van der Waals surface area contributed by atoms with Crippen LogP contribution < -0.4 is 10.6 Å². The van der Waals surface area contributed by atoms with Crippen LogP contribution in [0.4, 0.5) is 0 Å². The van der Waals surface area contributed by atoms with Crippen LogP contribution in [0.3, 0.4) is 0 Å². The Kier molecular flexibility index (Phi) is 9.05. The summed E-state index contributed by atoms with van der Waals surface area (Å²) >= 11 is 0. The fraction of sp³-hybridized carbons (Fsp3) is 0.240. The molecule has 0 atom stereocenters. The van der Waals surface area contributed by atoms with Gasteiger partial charge in [-0.05, 0) is 35.2 Å². The van der Waals surface area contributed by atoms with E-state index in [1.807, 2.05) is 30.3 Å². The molecule has 33 heavy (non-hydrogen) atoms. The summed E-state index contributed by atoms with van der Waals surface area (Å²) in [5, 5.41) is 10.9. The number of rotatable bonds is 8. The molecule has 0 saturated carbocycles. The van der Waals surface area contributed by atoms with Gasteiger partial charge in [0.25, 0.3) is 0 Å². The van der Waals surface area contributed by atoms with Crippen LogP contribution in [0.5, 0.6) is 0 Å². The lowest BCUT2D eigenvalue weighted by Gasteiger charge is -2.13. The van der Waals surface area contributed by atoms with E-state index in [9.17, 15) is 0 Å². The van der Waals surface area contributed by atoms with Gasteiger partial charge in [-0.2, -0.15) is 5.10 Å². The van der Waals surface area contributed by atoms with Crippen molar-refractivity contribution in [2.75, 3.05) is 6.54 Å². The molecule has 2 aromatic heterocycles. The summed E-state index contributed by atoms with van der Waals surface area (Å²) in [5.74, 6) is 0.791. The highest BCUT2D eigenvalue weighted by Gasteiger charge is 2.06. The molecule has 0 aliphatic heterocycles. The Labute approximate surface area is 212 Å². The quantitative estimate of drug-likeness (QED) is 0.194. The minimum absolute atomic E-state index is 0. The Bertz CT molecular complexity index is 1150. The number of aromatic nitrogens is 4. The van der Waals surface area contributed by atoms with Crippen molar-refractivity contribution in [2.45, 2.75) is 26.6 Å². The van der Waals surface area contributed by atoms with Gasteiger partial charge < -0.3 is 15.2 Å². The van der Waals surface area contributed by atoms with Crippen molar-refractivity contribution in [2.24, 2.45) is 12.0 Å². The Balaban J connectivity index is 0.00000306. The molecule has 4 aromatic rings. The van der Waals surface area contributed by atoms with Gasteiger partial charge in [-0.25, -0.2) is 9.98 Å². The molecule has 2 heterocycles. The van der Waals surface area contributed by atoms with Gasteiger partial charge in [-0.1, -0.05) is 48.5 Å². The highest BCUT2D eigenvalue weighted by Crippen LogP contribution is 2.25. The zero-order chi connectivity index (χ0) is 22.2. The molecule has 172 valence electrons. The molecule has 0 spiro atoms. The minimum atomic E-state index is 0. The van der Waals surface area contributed by atoms with Gasteiger partial charge in [0.05, 0.1) is 25.1 Å². The minimum Gasteiger partial charge on any atom is -0.357 e. The van der Waals surface area contributed by atoms with Crippen LogP contribution >= 0.6 is 24.0 Å². The van der Waals surface area contributed by atoms with Gasteiger partial charge in [-0.15, -0.1) is 24.0 Å². The van der Waals surface area contributed by atoms with Crippen LogP contribution in [-0.4, -0.2) is 31.8 Å². The molecule has 0 saturated heterocycles. The van der Waals surface area contributed by atoms with E-state index in [1.54, 1.807) is 12.4 Å². The number of halogens is 1. The van der Waals surface area contributed by atoms with Crippen LogP contribution in [0.1, 0.15) is 23.7 Å². The largest absolute Gasteiger partial charge is 0.357 e. The standard InChI is InChI=1S/C25H29N7.HI/c1-3-27-25(29-17-23-12-13-30-31(23)2)28-16-22-6-4-5-7-24(22)21-10-8-20(9-11-21)18-32-15-14-26-19-32;/h4-15,19H,3,16-18H2,1-2H3,(H2,27,28,29);1H. The van der Waals surface area contributed by atoms with Crippen molar-refractivity contribution in [1.29, 1.82) is 0 Å². The monoisotopic (exact) mass is 555 g/mol. The van der Waals surface area contributed by atoms with E-state index < -0.39 is 0 Å². The Morgan fingerprint density at radius 2 is 1.82 bits per heavy atom. The average molecular weight is 555 g/mol. The smallest absolute Gasteiger partial charge is 0.191 e. The summed E-state index contributed by atoms with van der Waals surface area (Å²) in [4.78, 5) is 8.93. The fourth-order valence-electron chi connectivity index (χ4n) is 3.58. The molecule has 2 aromatic carbocycles. The molecule has 0 bridgehead atoms. The Morgan fingerprint density at radius 3 is 2.52 bits per heavy atom. The third kappa shape index (κ3) is 6.67. The molecule has 4 rings (SSSR count). The summed E-state index contributed by atoms with van der Waals surface area (Å²) in [6, 6.07) is 19.2. The lowest BCUT2D eigenvalue weighted by atomic mass is 9.98. The van der Waals surface area contributed by atoms with Crippen LogP contribution in [0, 0.1) is 0 Å². The van der Waals surface area contributed by atoms with Gasteiger partial charge in [0.2, 0.25) is 0 Å². The summed E-state index contributed by atoms with van der Waals surface area (Å²) < 4.78 is 3.93. The third-order valence-corrected chi connectivity index (χ3v) is 5.32. The predicted molar refractivity (Wildman–Crippen MR) is 143 cm³/mol.